The molecule has 2 aromatic carbocycles. The molecule has 2 aromatic rings. The maximum atomic E-state index is 14.8. The highest BCUT2D eigenvalue weighted by atomic mass is 127. The molecule has 0 saturated carbocycles. The summed E-state index contributed by atoms with van der Waals surface area (Å²) in [5.74, 6) is 0.0745. The van der Waals surface area contributed by atoms with Crippen LogP contribution in [0.2, 0.25) is 0 Å². The van der Waals surface area contributed by atoms with Crippen LogP contribution < -0.4 is 0 Å². The van der Waals surface area contributed by atoms with Gasteiger partial charge in [0.15, 0.2) is 5.78 Å². The van der Waals surface area contributed by atoms with E-state index in [1.54, 1.807) is 0 Å². The number of allylic oxidation sites excluding steroid dienone is 2. The number of halogens is 1. The topological polar surface area (TPSA) is 35.5 Å². The summed E-state index contributed by atoms with van der Waals surface area (Å²) >= 11 is 2.43. The van der Waals surface area contributed by atoms with Crippen molar-refractivity contribution in [1.29, 1.82) is 0 Å². The minimum absolute atomic E-state index is 0.0745. The Bertz CT molecular complexity index is 1180. The van der Waals surface area contributed by atoms with Gasteiger partial charge in [-0.3, -0.25) is 4.79 Å². The second kappa shape index (κ2) is 11.4. The van der Waals surface area contributed by atoms with Gasteiger partial charge in [-0.15, -0.1) is 6.58 Å². The molecule has 0 heterocycles. The van der Waals surface area contributed by atoms with E-state index < -0.39 is 16.4 Å². The van der Waals surface area contributed by atoms with Crippen molar-refractivity contribution in [3.8, 4) is 0 Å². The van der Waals surface area contributed by atoms with Gasteiger partial charge >= 0.3 is 0 Å². The molecule has 3 atom stereocenters. The van der Waals surface area contributed by atoms with Crippen LogP contribution in [0.3, 0.4) is 0 Å². The third-order valence-electron chi connectivity index (χ3n) is 8.47. The molecule has 4 heteroatoms. The summed E-state index contributed by atoms with van der Waals surface area (Å²) in [7, 11) is 0. The smallest absolute Gasteiger partial charge is 0.192 e. The molecule has 4 rings (SSSR count). The molecular formula is C33H39IO3. The summed E-state index contributed by atoms with van der Waals surface area (Å²) in [6, 6.07) is 20.3. The third kappa shape index (κ3) is 5.30. The largest absolute Gasteiger partial charge is 0.372 e. The number of hydrogen-bond acceptors (Lipinski definition) is 3. The zero-order chi connectivity index (χ0) is 26.7. The molecule has 0 radical (unpaired) electrons. The minimum Gasteiger partial charge on any atom is -0.372 e. The van der Waals surface area contributed by atoms with Crippen LogP contribution in [0.25, 0.3) is 0 Å². The van der Waals surface area contributed by atoms with Crippen LogP contribution in [-0.4, -0.2) is 17.5 Å². The Labute approximate surface area is 236 Å². The summed E-state index contributed by atoms with van der Waals surface area (Å²) in [6.07, 6.45) is 7.04. The van der Waals surface area contributed by atoms with Gasteiger partial charge in [-0.1, -0.05) is 92.2 Å². The van der Waals surface area contributed by atoms with Gasteiger partial charge in [0.1, 0.15) is 5.60 Å². The maximum Gasteiger partial charge on any atom is 0.192 e. The van der Waals surface area contributed by atoms with Crippen molar-refractivity contribution < 1.29 is 14.3 Å². The Hall–Kier alpha value is -2.02. The van der Waals surface area contributed by atoms with Crippen molar-refractivity contribution in [1.82, 2.24) is 0 Å². The highest BCUT2D eigenvalue weighted by molar-refractivity contribution is 14.1. The highest BCUT2D eigenvalue weighted by Gasteiger charge is 2.58. The number of hydrogen-bond donors (Lipinski definition) is 0. The number of benzene rings is 2. The average molecular weight is 611 g/mol. The minimum atomic E-state index is -0.976. The van der Waals surface area contributed by atoms with Crippen molar-refractivity contribution in [3.05, 3.63) is 105 Å². The monoisotopic (exact) mass is 610 g/mol. The van der Waals surface area contributed by atoms with Crippen molar-refractivity contribution in [2.75, 3.05) is 0 Å². The Morgan fingerprint density at radius 3 is 2.22 bits per heavy atom. The Morgan fingerprint density at radius 2 is 1.62 bits per heavy atom. The van der Waals surface area contributed by atoms with Crippen molar-refractivity contribution in [3.63, 3.8) is 0 Å². The van der Waals surface area contributed by atoms with Crippen LogP contribution in [0.15, 0.2) is 94.1 Å². The SMILES string of the molecule is C=C[C@@]1(C)C(C(=O)[C@]2(OCc3ccccc3)CCC(C)=C(I)C2(C)C)=CCC[C@@H]1OCc1ccccc1. The molecule has 2 aliphatic carbocycles. The van der Waals surface area contributed by atoms with Gasteiger partial charge in [0.05, 0.1) is 19.3 Å². The van der Waals surface area contributed by atoms with Crippen LogP contribution in [0.1, 0.15) is 64.5 Å². The number of carbonyl (C=O) groups is 1. The maximum absolute atomic E-state index is 14.8. The molecule has 2 aliphatic rings. The van der Waals surface area contributed by atoms with Gasteiger partial charge < -0.3 is 9.47 Å². The lowest BCUT2D eigenvalue weighted by atomic mass is 9.59. The number of Topliss-reactive ketones (excluding diaryl/α,β-unsaturated/α-hetero) is 1. The standard InChI is InChI=1S/C33H39IO3/c1-6-32(5)27(18-13-19-28(32)36-22-25-14-9-7-10-15-25)30(35)33(37-23-26-16-11-8-12-17-26)21-20-24(2)29(34)31(33,3)4/h6-12,14-18,28H,1,13,19-23H2,2-5H3/t28-,32-,33+/m0/s1. The van der Waals surface area contributed by atoms with Crippen LogP contribution >= 0.6 is 22.6 Å². The molecule has 37 heavy (non-hydrogen) atoms. The summed E-state index contributed by atoms with van der Waals surface area (Å²) in [5.41, 5.74) is 2.26. The molecule has 0 N–H and O–H groups in total. The van der Waals surface area contributed by atoms with E-state index in [9.17, 15) is 4.79 Å². The van der Waals surface area contributed by atoms with Crippen LogP contribution in [0.5, 0.6) is 0 Å². The predicted molar refractivity (Wildman–Crippen MR) is 159 cm³/mol. The first kappa shape index (κ1) is 28.0. The second-order valence-electron chi connectivity index (χ2n) is 11.1. The Morgan fingerprint density at radius 1 is 1.03 bits per heavy atom. The molecular weight excluding hydrogens is 571 g/mol. The molecule has 0 fully saturated rings. The van der Waals surface area contributed by atoms with E-state index in [2.05, 4.69) is 87.2 Å². The predicted octanol–water partition coefficient (Wildman–Crippen LogP) is 8.54. The third-order valence-corrected chi connectivity index (χ3v) is 10.7. The summed E-state index contributed by atoms with van der Waals surface area (Å²) in [4.78, 5) is 14.8. The fourth-order valence-corrected chi connectivity index (χ4v) is 6.59. The Kier molecular flexibility index (Phi) is 8.61. The first-order valence-corrected chi connectivity index (χ1v) is 14.3. The van der Waals surface area contributed by atoms with Gasteiger partial charge in [0.2, 0.25) is 0 Å². The first-order valence-electron chi connectivity index (χ1n) is 13.2. The van der Waals surface area contributed by atoms with E-state index in [0.29, 0.717) is 19.6 Å². The highest BCUT2D eigenvalue weighted by Crippen LogP contribution is 2.55. The molecule has 0 unspecified atom stereocenters. The average Bonchev–Trinajstić information content (AvgIpc) is 2.92. The van der Waals surface area contributed by atoms with Crippen LogP contribution in [0, 0.1) is 10.8 Å². The molecule has 0 spiro atoms. The molecule has 0 aromatic heterocycles. The van der Waals surface area contributed by atoms with Gasteiger partial charge in [0, 0.05) is 16.4 Å². The summed E-state index contributed by atoms with van der Waals surface area (Å²) < 4.78 is 14.5. The first-order chi connectivity index (χ1) is 17.7. The van der Waals surface area contributed by atoms with Crippen LogP contribution in [-0.2, 0) is 27.5 Å². The number of rotatable bonds is 9. The lowest BCUT2D eigenvalue weighted by Crippen LogP contribution is -2.58. The summed E-state index contributed by atoms with van der Waals surface area (Å²) in [5, 5.41) is 0. The van der Waals surface area contributed by atoms with Crippen LogP contribution in [0.4, 0.5) is 0 Å². The van der Waals surface area contributed by atoms with E-state index in [1.807, 2.05) is 42.5 Å². The summed E-state index contributed by atoms with van der Waals surface area (Å²) in [6.45, 7) is 13.7. The quantitative estimate of drug-likeness (QED) is 0.211. The van der Waals surface area contributed by atoms with Gasteiger partial charge in [-0.25, -0.2) is 0 Å². The molecule has 0 aliphatic heterocycles. The number of ether oxygens (including phenoxy) is 2. The zero-order valence-corrected chi connectivity index (χ0v) is 24.7. The van der Waals surface area contributed by atoms with Crippen molar-refractivity contribution in [2.24, 2.45) is 10.8 Å². The normalized spacial score (nSPS) is 27.5. The molecule has 3 nitrogen and oxygen atoms in total. The molecule has 196 valence electrons. The van der Waals surface area contributed by atoms with E-state index in [-0.39, 0.29) is 11.9 Å². The zero-order valence-electron chi connectivity index (χ0n) is 22.6. The van der Waals surface area contributed by atoms with Gasteiger partial charge in [-0.2, -0.15) is 0 Å². The Balaban J connectivity index is 1.69. The number of ketones is 1. The fraction of sp³-hybridized carbons (Fsp3) is 0.424. The molecule has 0 bridgehead atoms. The lowest BCUT2D eigenvalue weighted by Gasteiger charge is -2.51. The van der Waals surface area contributed by atoms with Crippen molar-refractivity contribution in [2.45, 2.75) is 78.3 Å². The van der Waals surface area contributed by atoms with E-state index in [0.717, 1.165) is 36.0 Å². The van der Waals surface area contributed by atoms with E-state index >= 15 is 0 Å². The molecule has 0 amide bonds. The van der Waals surface area contributed by atoms with E-state index in [4.69, 9.17) is 9.47 Å². The van der Waals surface area contributed by atoms with Gasteiger partial charge in [0.25, 0.3) is 0 Å². The molecule has 0 saturated heterocycles. The van der Waals surface area contributed by atoms with E-state index in [1.165, 1.54) is 9.15 Å². The van der Waals surface area contributed by atoms with Crippen molar-refractivity contribution >= 4 is 28.4 Å². The van der Waals surface area contributed by atoms with Gasteiger partial charge in [-0.05, 0) is 76.8 Å². The lowest BCUT2D eigenvalue weighted by molar-refractivity contribution is -0.164. The second-order valence-corrected chi connectivity index (χ2v) is 12.2. The fourth-order valence-electron chi connectivity index (χ4n) is 5.89. The number of carbonyl (C=O) groups excluding carboxylic acids is 1.